The highest BCUT2D eigenvalue weighted by atomic mass is 35.5. The van der Waals surface area contributed by atoms with Gasteiger partial charge in [-0.2, -0.15) is 10.2 Å². The minimum atomic E-state index is -0.347. The van der Waals surface area contributed by atoms with Gasteiger partial charge in [0.2, 0.25) is 0 Å². The molecule has 0 fully saturated rings. The molecule has 0 radical (unpaired) electrons. The van der Waals surface area contributed by atoms with Crippen LogP contribution in [0.4, 0.5) is 5.69 Å². The van der Waals surface area contributed by atoms with Crippen molar-refractivity contribution in [1.29, 1.82) is 0 Å². The maximum Gasteiger partial charge on any atom is 0.292 e. The summed E-state index contributed by atoms with van der Waals surface area (Å²) < 4.78 is 1.17. The fourth-order valence-electron chi connectivity index (χ4n) is 1.39. The van der Waals surface area contributed by atoms with E-state index in [1.54, 1.807) is 12.3 Å². The number of anilines is 1. The van der Waals surface area contributed by atoms with Crippen LogP contribution in [0.1, 0.15) is 5.69 Å². The molecule has 2 aromatic heterocycles. The highest BCUT2D eigenvalue weighted by molar-refractivity contribution is 6.32. The third kappa shape index (κ3) is 2.52. The van der Waals surface area contributed by atoms with Gasteiger partial charge in [0.05, 0.1) is 23.5 Å². The first-order valence-corrected chi connectivity index (χ1v) is 5.51. The molecular weight excluding hydrogens is 254 g/mol. The van der Waals surface area contributed by atoms with Crippen LogP contribution in [0.2, 0.25) is 5.02 Å². The van der Waals surface area contributed by atoms with E-state index >= 15 is 0 Å². The molecule has 0 aromatic carbocycles. The lowest BCUT2D eigenvalue weighted by atomic mass is 10.4. The lowest BCUT2D eigenvalue weighted by molar-refractivity contribution is 0.664. The zero-order chi connectivity index (χ0) is 13.0. The van der Waals surface area contributed by atoms with Gasteiger partial charge in [0, 0.05) is 6.20 Å². The zero-order valence-electron chi connectivity index (χ0n) is 9.35. The summed E-state index contributed by atoms with van der Waals surface area (Å²) in [4.78, 5) is 12.0. The van der Waals surface area contributed by atoms with E-state index in [1.807, 2.05) is 0 Å². The zero-order valence-corrected chi connectivity index (χ0v) is 10.1. The van der Waals surface area contributed by atoms with Gasteiger partial charge >= 0.3 is 0 Å². The average Bonchev–Trinajstić information content (AvgIpc) is 2.86. The Labute approximate surface area is 108 Å². The van der Waals surface area contributed by atoms with Crippen LogP contribution in [-0.4, -0.2) is 20.0 Å². The first kappa shape index (κ1) is 12.2. The van der Waals surface area contributed by atoms with Crippen molar-refractivity contribution >= 4 is 17.3 Å². The molecule has 0 aliphatic rings. The van der Waals surface area contributed by atoms with Gasteiger partial charge in [-0.25, -0.2) is 4.68 Å². The van der Waals surface area contributed by atoms with E-state index in [0.29, 0.717) is 6.54 Å². The van der Waals surface area contributed by atoms with E-state index in [2.05, 4.69) is 26.5 Å². The topological polar surface area (TPSA) is 75.6 Å². The van der Waals surface area contributed by atoms with Gasteiger partial charge in [-0.3, -0.25) is 9.89 Å². The predicted molar refractivity (Wildman–Crippen MR) is 68.3 cm³/mol. The summed E-state index contributed by atoms with van der Waals surface area (Å²) in [5, 5.41) is 13.6. The Bertz CT molecular complexity index is 626. The van der Waals surface area contributed by atoms with Crippen LogP contribution in [0.15, 0.2) is 23.3 Å². The Balaban J connectivity index is 2.24. The van der Waals surface area contributed by atoms with Crippen LogP contribution in [-0.2, 0) is 13.1 Å². The standard InChI is InChI=1S/C11H10ClN5O/c1-2-5-17-11(18)10(9(12)7-15-17)13-6-8-3-4-14-16-8/h1,3-4,7,13H,5-6H2,(H,14,16). The molecule has 0 aliphatic carbocycles. The molecule has 6 nitrogen and oxygen atoms in total. The number of aromatic amines is 1. The summed E-state index contributed by atoms with van der Waals surface area (Å²) in [6.07, 6.45) is 8.16. The molecule has 2 rings (SSSR count). The van der Waals surface area contributed by atoms with Gasteiger partial charge in [0.15, 0.2) is 0 Å². The third-order valence-electron chi connectivity index (χ3n) is 2.25. The normalized spacial score (nSPS) is 10.0. The van der Waals surface area contributed by atoms with E-state index < -0.39 is 0 Å². The first-order valence-electron chi connectivity index (χ1n) is 5.13. The number of rotatable bonds is 4. The number of aromatic nitrogens is 4. The molecular formula is C11H10ClN5O. The van der Waals surface area contributed by atoms with E-state index in [1.165, 1.54) is 10.9 Å². The number of nitrogens with zero attached hydrogens (tertiary/aromatic N) is 3. The number of hydrogen-bond acceptors (Lipinski definition) is 4. The van der Waals surface area contributed by atoms with Crippen molar-refractivity contribution in [3.8, 4) is 12.3 Å². The Hall–Kier alpha value is -2.26. The SMILES string of the molecule is C#CCn1ncc(Cl)c(NCc2ccn[nH]2)c1=O. The van der Waals surface area contributed by atoms with Gasteiger partial charge < -0.3 is 5.32 Å². The molecule has 7 heteroatoms. The summed E-state index contributed by atoms with van der Waals surface area (Å²) in [7, 11) is 0. The predicted octanol–water partition coefficient (Wildman–Crippen LogP) is 0.865. The van der Waals surface area contributed by atoms with Crippen molar-refractivity contribution in [3.05, 3.63) is 39.5 Å². The summed E-state index contributed by atoms with van der Waals surface area (Å²) in [6.45, 7) is 0.518. The summed E-state index contributed by atoms with van der Waals surface area (Å²) in [6, 6.07) is 1.79. The minimum absolute atomic E-state index is 0.106. The Morgan fingerprint density at radius 3 is 3.11 bits per heavy atom. The lowest BCUT2D eigenvalue weighted by Crippen LogP contribution is -2.25. The van der Waals surface area contributed by atoms with Crippen molar-refractivity contribution in [2.75, 3.05) is 5.32 Å². The Morgan fingerprint density at radius 2 is 2.44 bits per heavy atom. The second kappa shape index (κ2) is 5.38. The Kier molecular flexibility index (Phi) is 3.65. The fourth-order valence-corrected chi connectivity index (χ4v) is 1.59. The van der Waals surface area contributed by atoms with Gasteiger partial charge in [-0.15, -0.1) is 6.42 Å². The molecule has 92 valence electrons. The van der Waals surface area contributed by atoms with Crippen molar-refractivity contribution in [3.63, 3.8) is 0 Å². The second-order valence-corrected chi connectivity index (χ2v) is 3.88. The van der Waals surface area contributed by atoms with Crippen molar-refractivity contribution in [1.82, 2.24) is 20.0 Å². The van der Waals surface area contributed by atoms with E-state index in [0.717, 1.165) is 5.69 Å². The molecule has 2 heterocycles. The van der Waals surface area contributed by atoms with Crippen molar-refractivity contribution in [2.45, 2.75) is 13.1 Å². The van der Waals surface area contributed by atoms with Crippen molar-refractivity contribution < 1.29 is 0 Å². The summed E-state index contributed by atoms with van der Waals surface area (Å²) in [5.41, 5.74) is 0.766. The summed E-state index contributed by atoms with van der Waals surface area (Å²) >= 11 is 5.93. The van der Waals surface area contributed by atoms with Crippen LogP contribution in [0, 0.1) is 12.3 Å². The number of nitrogens with one attached hydrogen (secondary N) is 2. The second-order valence-electron chi connectivity index (χ2n) is 3.47. The van der Waals surface area contributed by atoms with Gasteiger partial charge in [-0.1, -0.05) is 17.5 Å². The van der Waals surface area contributed by atoms with E-state index in [4.69, 9.17) is 18.0 Å². The molecule has 0 saturated carbocycles. The lowest BCUT2D eigenvalue weighted by Gasteiger charge is -2.08. The first-order chi connectivity index (χ1) is 8.72. The highest BCUT2D eigenvalue weighted by Crippen LogP contribution is 2.15. The largest absolute Gasteiger partial charge is 0.374 e. The van der Waals surface area contributed by atoms with Crippen LogP contribution in [0.5, 0.6) is 0 Å². The van der Waals surface area contributed by atoms with Gasteiger partial charge in [0.1, 0.15) is 12.2 Å². The third-order valence-corrected chi connectivity index (χ3v) is 2.54. The van der Waals surface area contributed by atoms with Crippen LogP contribution >= 0.6 is 11.6 Å². The molecule has 2 N–H and O–H groups in total. The average molecular weight is 264 g/mol. The minimum Gasteiger partial charge on any atom is -0.374 e. The smallest absolute Gasteiger partial charge is 0.292 e. The van der Waals surface area contributed by atoms with Crippen LogP contribution in [0.25, 0.3) is 0 Å². The maximum atomic E-state index is 12.0. The van der Waals surface area contributed by atoms with Crippen molar-refractivity contribution in [2.24, 2.45) is 0 Å². The van der Waals surface area contributed by atoms with Gasteiger partial charge in [0.25, 0.3) is 5.56 Å². The number of H-pyrrole nitrogens is 1. The molecule has 0 unspecified atom stereocenters. The van der Waals surface area contributed by atoms with Crippen LogP contribution in [0.3, 0.4) is 0 Å². The number of halogens is 1. The maximum absolute atomic E-state index is 12.0. The summed E-state index contributed by atoms with van der Waals surface area (Å²) in [5.74, 6) is 2.35. The molecule has 0 spiro atoms. The molecule has 0 bridgehead atoms. The highest BCUT2D eigenvalue weighted by Gasteiger charge is 2.09. The van der Waals surface area contributed by atoms with Crippen LogP contribution < -0.4 is 10.9 Å². The number of hydrogen-bond donors (Lipinski definition) is 2. The quantitative estimate of drug-likeness (QED) is 0.803. The molecule has 0 amide bonds. The number of terminal acetylenes is 1. The molecule has 2 aromatic rings. The van der Waals surface area contributed by atoms with E-state index in [-0.39, 0.29) is 22.8 Å². The molecule has 0 aliphatic heterocycles. The molecule has 18 heavy (non-hydrogen) atoms. The molecule has 0 saturated heterocycles. The molecule has 0 atom stereocenters. The monoisotopic (exact) mass is 263 g/mol. The fraction of sp³-hybridized carbons (Fsp3) is 0.182. The Morgan fingerprint density at radius 1 is 1.61 bits per heavy atom. The van der Waals surface area contributed by atoms with Gasteiger partial charge in [-0.05, 0) is 6.07 Å². The van der Waals surface area contributed by atoms with E-state index in [9.17, 15) is 4.79 Å².